The van der Waals surface area contributed by atoms with E-state index >= 15 is 0 Å². The molecule has 1 saturated heterocycles. The number of carboxylic acids is 1. The van der Waals surface area contributed by atoms with Crippen LogP contribution in [-0.4, -0.2) is 51.1 Å². The number of anilines is 1. The first-order valence-electron chi connectivity index (χ1n) is 6.28. The van der Waals surface area contributed by atoms with Crippen LogP contribution in [0.3, 0.4) is 0 Å². The smallest absolute Gasteiger partial charge is 0.356 e. The van der Waals surface area contributed by atoms with Gasteiger partial charge in [-0.1, -0.05) is 0 Å². The highest BCUT2D eigenvalue weighted by atomic mass is 16.4. The van der Waals surface area contributed by atoms with Gasteiger partial charge in [0.25, 0.3) is 0 Å². The number of rotatable bonds is 4. The molecule has 1 saturated carbocycles. The predicted molar refractivity (Wildman–Crippen MR) is 65.6 cm³/mol. The molecule has 2 N–H and O–H groups in total. The van der Waals surface area contributed by atoms with Crippen molar-refractivity contribution in [2.75, 3.05) is 18.4 Å². The largest absolute Gasteiger partial charge is 0.476 e. The topological polar surface area (TPSA) is 78.3 Å². The molecule has 96 valence electrons. The Bertz CT molecular complexity index is 444. The van der Waals surface area contributed by atoms with E-state index in [2.05, 4.69) is 20.2 Å². The lowest BCUT2D eigenvalue weighted by atomic mass is 10.2. The van der Waals surface area contributed by atoms with Crippen LogP contribution in [0.15, 0.2) is 12.4 Å². The molecule has 0 spiro atoms. The van der Waals surface area contributed by atoms with E-state index in [0.29, 0.717) is 11.9 Å². The second-order valence-corrected chi connectivity index (χ2v) is 4.95. The summed E-state index contributed by atoms with van der Waals surface area (Å²) in [6, 6.07) is 1.20. The van der Waals surface area contributed by atoms with Crippen molar-refractivity contribution in [3.63, 3.8) is 0 Å². The number of aromatic nitrogens is 2. The summed E-state index contributed by atoms with van der Waals surface area (Å²) in [6.45, 7) is 2.19. The highest BCUT2D eigenvalue weighted by molar-refractivity contribution is 5.84. The van der Waals surface area contributed by atoms with Gasteiger partial charge in [-0.3, -0.25) is 4.90 Å². The van der Waals surface area contributed by atoms with Crippen LogP contribution in [0.1, 0.15) is 29.8 Å². The first-order chi connectivity index (χ1) is 8.72. The first kappa shape index (κ1) is 11.4. The van der Waals surface area contributed by atoms with Gasteiger partial charge in [0.2, 0.25) is 0 Å². The van der Waals surface area contributed by atoms with Crippen LogP contribution in [0, 0.1) is 0 Å². The second-order valence-electron chi connectivity index (χ2n) is 4.95. The van der Waals surface area contributed by atoms with E-state index in [1.807, 2.05) is 0 Å². The van der Waals surface area contributed by atoms with Crippen LogP contribution < -0.4 is 5.32 Å². The lowest BCUT2D eigenvalue weighted by Crippen LogP contribution is -2.28. The summed E-state index contributed by atoms with van der Waals surface area (Å²) in [5.74, 6) is -0.391. The lowest BCUT2D eigenvalue weighted by Gasteiger charge is -2.15. The van der Waals surface area contributed by atoms with Crippen LogP contribution in [0.5, 0.6) is 0 Å². The molecule has 1 aromatic heterocycles. The molecule has 0 bridgehead atoms. The molecule has 6 heteroatoms. The van der Waals surface area contributed by atoms with Crippen molar-refractivity contribution in [3.05, 3.63) is 18.1 Å². The van der Waals surface area contributed by atoms with E-state index in [1.54, 1.807) is 0 Å². The molecular weight excluding hydrogens is 232 g/mol. The zero-order chi connectivity index (χ0) is 12.5. The second kappa shape index (κ2) is 4.53. The molecule has 6 nitrogen and oxygen atoms in total. The molecule has 0 radical (unpaired) electrons. The summed E-state index contributed by atoms with van der Waals surface area (Å²) in [5.41, 5.74) is -0.0217. The van der Waals surface area contributed by atoms with Crippen LogP contribution >= 0.6 is 0 Å². The normalized spacial score (nSPS) is 24.1. The van der Waals surface area contributed by atoms with Crippen molar-refractivity contribution >= 4 is 11.8 Å². The van der Waals surface area contributed by atoms with Gasteiger partial charge in [-0.15, -0.1) is 0 Å². The Morgan fingerprint density at radius 3 is 2.78 bits per heavy atom. The number of hydrogen-bond acceptors (Lipinski definition) is 5. The van der Waals surface area contributed by atoms with Gasteiger partial charge in [0.05, 0.1) is 12.4 Å². The van der Waals surface area contributed by atoms with Crippen LogP contribution in [-0.2, 0) is 0 Å². The number of nitrogens with zero attached hydrogens (tertiary/aromatic N) is 3. The molecule has 1 unspecified atom stereocenters. The lowest BCUT2D eigenvalue weighted by molar-refractivity contribution is 0.0690. The summed E-state index contributed by atoms with van der Waals surface area (Å²) in [5, 5.41) is 12.0. The summed E-state index contributed by atoms with van der Waals surface area (Å²) < 4.78 is 0. The molecule has 0 aromatic carbocycles. The van der Waals surface area contributed by atoms with Gasteiger partial charge >= 0.3 is 5.97 Å². The van der Waals surface area contributed by atoms with Gasteiger partial charge in [0.1, 0.15) is 5.82 Å². The maximum Gasteiger partial charge on any atom is 0.356 e. The summed E-state index contributed by atoms with van der Waals surface area (Å²) >= 11 is 0. The number of carbonyl (C=O) groups is 1. The molecule has 1 aliphatic carbocycles. The SMILES string of the molecule is O=C(O)c1cnc(NC2CCN(C3CC3)C2)cn1. The third kappa shape index (κ3) is 2.43. The molecule has 0 amide bonds. The maximum atomic E-state index is 10.7. The minimum Gasteiger partial charge on any atom is -0.476 e. The number of hydrogen-bond donors (Lipinski definition) is 2. The third-order valence-electron chi connectivity index (χ3n) is 3.51. The minimum absolute atomic E-state index is 0.0217. The van der Waals surface area contributed by atoms with E-state index in [9.17, 15) is 4.79 Å². The van der Waals surface area contributed by atoms with Crippen molar-refractivity contribution in [2.24, 2.45) is 0 Å². The number of likely N-dealkylation sites (tertiary alicyclic amines) is 1. The van der Waals surface area contributed by atoms with Gasteiger partial charge in [-0.05, 0) is 19.3 Å². The van der Waals surface area contributed by atoms with Crippen molar-refractivity contribution < 1.29 is 9.90 Å². The van der Waals surface area contributed by atoms with E-state index in [4.69, 9.17) is 5.11 Å². The molecule has 2 fully saturated rings. The predicted octanol–water partition coefficient (Wildman–Crippen LogP) is 0.823. The zero-order valence-electron chi connectivity index (χ0n) is 10.0. The molecule has 2 aliphatic rings. The number of aromatic carboxylic acids is 1. The fourth-order valence-corrected chi connectivity index (χ4v) is 2.40. The van der Waals surface area contributed by atoms with E-state index in [0.717, 1.165) is 25.6 Å². The average molecular weight is 248 g/mol. The molecule has 1 atom stereocenters. The number of carboxylic acid groups (broad SMARTS) is 1. The van der Waals surface area contributed by atoms with Crippen LogP contribution in [0.25, 0.3) is 0 Å². The van der Waals surface area contributed by atoms with Crippen molar-refractivity contribution in [2.45, 2.75) is 31.3 Å². The molecule has 18 heavy (non-hydrogen) atoms. The van der Waals surface area contributed by atoms with E-state index < -0.39 is 5.97 Å². The maximum absolute atomic E-state index is 10.7. The molecule has 1 aliphatic heterocycles. The monoisotopic (exact) mass is 248 g/mol. The Kier molecular flexibility index (Phi) is 2.87. The fourth-order valence-electron chi connectivity index (χ4n) is 2.40. The Morgan fingerprint density at radius 2 is 2.17 bits per heavy atom. The Labute approximate surface area is 105 Å². The van der Waals surface area contributed by atoms with Gasteiger partial charge in [0.15, 0.2) is 5.69 Å². The van der Waals surface area contributed by atoms with Crippen LogP contribution in [0.2, 0.25) is 0 Å². The molecule has 3 rings (SSSR count). The minimum atomic E-state index is -1.05. The van der Waals surface area contributed by atoms with Crippen molar-refractivity contribution in [1.29, 1.82) is 0 Å². The Hall–Kier alpha value is -1.69. The Balaban J connectivity index is 1.57. The average Bonchev–Trinajstić information content (AvgIpc) is 3.11. The summed E-state index contributed by atoms with van der Waals surface area (Å²) in [6.07, 6.45) is 6.56. The zero-order valence-corrected chi connectivity index (χ0v) is 10.0. The third-order valence-corrected chi connectivity index (χ3v) is 3.51. The summed E-state index contributed by atoms with van der Waals surface area (Å²) in [4.78, 5) is 21.1. The van der Waals surface area contributed by atoms with Crippen molar-refractivity contribution in [1.82, 2.24) is 14.9 Å². The highest BCUT2D eigenvalue weighted by Crippen LogP contribution is 2.30. The first-order valence-corrected chi connectivity index (χ1v) is 6.28. The van der Waals surface area contributed by atoms with Gasteiger partial charge in [-0.2, -0.15) is 0 Å². The van der Waals surface area contributed by atoms with E-state index in [1.165, 1.54) is 25.2 Å². The highest BCUT2D eigenvalue weighted by Gasteiger charge is 2.34. The van der Waals surface area contributed by atoms with E-state index in [-0.39, 0.29) is 5.69 Å². The quantitative estimate of drug-likeness (QED) is 0.821. The van der Waals surface area contributed by atoms with Crippen molar-refractivity contribution in [3.8, 4) is 0 Å². The fraction of sp³-hybridized carbons (Fsp3) is 0.583. The Morgan fingerprint density at radius 1 is 1.33 bits per heavy atom. The standard InChI is InChI=1S/C12H16N4O2/c17-12(18)10-5-14-11(6-13-10)15-8-3-4-16(7-8)9-1-2-9/h5-6,8-9H,1-4,7H2,(H,14,15)(H,17,18). The molecular formula is C12H16N4O2. The number of nitrogens with one attached hydrogen (secondary N) is 1. The van der Waals surface area contributed by atoms with Gasteiger partial charge < -0.3 is 10.4 Å². The van der Waals surface area contributed by atoms with Gasteiger partial charge in [0, 0.05) is 25.2 Å². The summed E-state index contributed by atoms with van der Waals surface area (Å²) in [7, 11) is 0. The van der Waals surface area contributed by atoms with Crippen LogP contribution in [0.4, 0.5) is 5.82 Å². The molecule has 1 aromatic rings. The molecule has 2 heterocycles. The van der Waals surface area contributed by atoms with Gasteiger partial charge in [-0.25, -0.2) is 14.8 Å².